The maximum Gasteiger partial charge on any atom is 0.126 e. The molecule has 0 bridgehead atoms. The molecule has 4 saturated carbocycles. The van der Waals surface area contributed by atoms with Gasteiger partial charge in [-0.05, 0) is 172 Å². The van der Waals surface area contributed by atoms with Crippen LogP contribution in [0.4, 0.5) is 8.78 Å². The molecule has 0 saturated heterocycles. The zero-order valence-corrected chi connectivity index (χ0v) is 36.9. The SMILES string of the molecule is CCCCCC1CCC(C2CCC(CCc3ccc(CCOCCc4ccc(CCC5CCC(C6CCC(CCCCC)CC6)CC5)cc4F)c(F)c3)CC2)CC1. The van der Waals surface area contributed by atoms with E-state index in [9.17, 15) is 0 Å². The van der Waals surface area contributed by atoms with Crippen LogP contribution in [0.25, 0.3) is 0 Å². The van der Waals surface area contributed by atoms with Crippen LogP contribution in [0.3, 0.4) is 0 Å². The highest BCUT2D eigenvalue weighted by Crippen LogP contribution is 2.44. The van der Waals surface area contributed by atoms with Gasteiger partial charge in [-0.15, -0.1) is 0 Å². The summed E-state index contributed by atoms with van der Waals surface area (Å²) in [6.45, 7) is 5.55. The van der Waals surface area contributed by atoms with Crippen molar-refractivity contribution in [1.29, 1.82) is 0 Å². The van der Waals surface area contributed by atoms with Crippen molar-refractivity contribution in [2.45, 2.75) is 206 Å². The first kappa shape index (κ1) is 44.8. The first-order valence-corrected chi connectivity index (χ1v) is 25.1. The number of benzene rings is 2. The second kappa shape index (κ2) is 24.5. The molecule has 6 rings (SSSR count). The predicted octanol–water partition coefficient (Wildman–Crippen LogP) is 16.0. The zero-order valence-electron chi connectivity index (χ0n) is 36.9. The maximum atomic E-state index is 15.1. The van der Waals surface area contributed by atoms with E-state index in [1.165, 1.54) is 167 Å². The molecule has 0 spiro atoms. The second-order valence-corrected chi connectivity index (χ2v) is 20.2. The molecule has 2 aromatic rings. The maximum absolute atomic E-state index is 15.1. The molecule has 0 aliphatic heterocycles. The first-order chi connectivity index (χ1) is 28.0. The summed E-state index contributed by atoms with van der Waals surface area (Å²) in [6, 6.07) is 11.7. The van der Waals surface area contributed by atoms with E-state index in [-0.39, 0.29) is 11.6 Å². The number of hydrogen-bond acceptors (Lipinski definition) is 1. The van der Waals surface area contributed by atoms with E-state index in [4.69, 9.17) is 4.74 Å². The molecular weight excluding hydrogens is 703 g/mol. The Morgan fingerprint density at radius 2 is 0.754 bits per heavy atom. The zero-order chi connectivity index (χ0) is 39.7. The van der Waals surface area contributed by atoms with E-state index >= 15 is 8.78 Å². The van der Waals surface area contributed by atoms with Crippen molar-refractivity contribution in [2.24, 2.45) is 47.3 Å². The highest BCUT2D eigenvalue weighted by molar-refractivity contribution is 5.26. The highest BCUT2D eigenvalue weighted by Gasteiger charge is 2.32. The fraction of sp³-hybridized carbons (Fsp3) is 0.778. The molecule has 4 aliphatic rings. The van der Waals surface area contributed by atoms with Gasteiger partial charge in [-0.3, -0.25) is 0 Å². The van der Waals surface area contributed by atoms with Gasteiger partial charge in [0.1, 0.15) is 11.6 Å². The molecule has 0 N–H and O–H groups in total. The molecule has 4 fully saturated rings. The number of rotatable bonds is 22. The molecule has 0 unspecified atom stereocenters. The Morgan fingerprint density at radius 1 is 0.421 bits per heavy atom. The van der Waals surface area contributed by atoms with Crippen molar-refractivity contribution in [3.8, 4) is 0 Å². The molecule has 0 radical (unpaired) electrons. The third-order valence-electron chi connectivity index (χ3n) is 16.3. The molecule has 0 atom stereocenters. The van der Waals surface area contributed by atoms with Crippen molar-refractivity contribution in [3.63, 3.8) is 0 Å². The first-order valence-electron chi connectivity index (χ1n) is 25.1. The van der Waals surface area contributed by atoms with Crippen LogP contribution in [-0.2, 0) is 30.4 Å². The van der Waals surface area contributed by atoms with Gasteiger partial charge < -0.3 is 4.74 Å². The number of unbranched alkanes of at least 4 members (excludes halogenated alkanes) is 4. The Morgan fingerprint density at radius 3 is 1.07 bits per heavy atom. The van der Waals surface area contributed by atoms with E-state index in [1.54, 1.807) is 12.1 Å². The van der Waals surface area contributed by atoms with Gasteiger partial charge >= 0.3 is 0 Å². The summed E-state index contributed by atoms with van der Waals surface area (Å²) in [6.07, 6.45) is 39.8. The van der Waals surface area contributed by atoms with Crippen molar-refractivity contribution < 1.29 is 13.5 Å². The fourth-order valence-corrected chi connectivity index (χ4v) is 12.3. The predicted molar refractivity (Wildman–Crippen MR) is 238 cm³/mol. The van der Waals surface area contributed by atoms with Crippen LogP contribution in [0.5, 0.6) is 0 Å². The standard InChI is InChI=1S/C54H84F2O/c1-3-5-7-9-41-15-25-47(26-16-41)49-29-19-43(20-30-49)11-13-45-23-33-51(53(55)39-45)35-37-57-38-36-52-34-24-46(40-54(52)56)14-12-44-21-31-50(32-22-44)48-27-17-42(18-28-48)10-8-6-4-2/h23-24,33-34,39-44,47-50H,3-22,25-32,35-38H2,1-2H3. The van der Waals surface area contributed by atoms with Gasteiger partial charge in [-0.1, -0.05) is 141 Å². The van der Waals surface area contributed by atoms with E-state index in [0.717, 1.165) is 82.4 Å². The summed E-state index contributed by atoms with van der Waals surface area (Å²) >= 11 is 0. The van der Waals surface area contributed by atoms with Gasteiger partial charge in [0.15, 0.2) is 0 Å². The molecule has 4 aliphatic carbocycles. The third-order valence-corrected chi connectivity index (χ3v) is 16.3. The second-order valence-electron chi connectivity index (χ2n) is 20.2. The fourth-order valence-electron chi connectivity index (χ4n) is 12.3. The van der Waals surface area contributed by atoms with Crippen LogP contribution >= 0.6 is 0 Å². The van der Waals surface area contributed by atoms with Gasteiger partial charge in [0.25, 0.3) is 0 Å². The van der Waals surface area contributed by atoms with E-state index in [0.29, 0.717) is 26.1 Å². The van der Waals surface area contributed by atoms with Crippen molar-refractivity contribution in [2.75, 3.05) is 13.2 Å². The summed E-state index contributed by atoms with van der Waals surface area (Å²) in [7, 11) is 0. The minimum absolute atomic E-state index is 0.102. The Hall–Kier alpha value is -1.74. The third kappa shape index (κ3) is 14.7. The van der Waals surface area contributed by atoms with Crippen molar-refractivity contribution in [3.05, 3.63) is 70.3 Å². The van der Waals surface area contributed by atoms with Crippen LogP contribution < -0.4 is 0 Å². The van der Waals surface area contributed by atoms with Crippen LogP contribution in [-0.4, -0.2) is 13.2 Å². The van der Waals surface area contributed by atoms with Crippen LogP contribution in [0.15, 0.2) is 36.4 Å². The number of halogens is 2. The van der Waals surface area contributed by atoms with Crippen molar-refractivity contribution >= 4 is 0 Å². The highest BCUT2D eigenvalue weighted by atomic mass is 19.1. The molecule has 320 valence electrons. The Bertz CT molecular complexity index is 1280. The molecular formula is C54H84F2O. The molecule has 0 aromatic heterocycles. The molecule has 57 heavy (non-hydrogen) atoms. The Kier molecular flexibility index (Phi) is 19.3. The number of ether oxygens (including phenoxy) is 1. The lowest BCUT2D eigenvalue weighted by Crippen LogP contribution is -2.26. The minimum Gasteiger partial charge on any atom is -0.381 e. The minimum atomic E-state index is -0.102. The van der Waals surface area contributed by atoms with E-state index in [1.807, 2.05) is 12.1 Å². The molecule has 2 aromatic carbocycles. The largest absolute Gasteiger partial charge is 0.381 e. The van der Waals surface area contributed by atoms with Gasteiger partial charge in [0, 0.05) is 0 Å². The van der Waals surface area contributed by atoms with Gasteiger partial charge in [-0.2, -0.15) is 0 Å². The van der Waals surface area contributed by atoms with Crippen LogP contribution in [0.1, 0.15) is 203 Å². The molecule has 0 heterocycles. The summed E-state index contributed by atoms with van der Waals surface area (Å²) in [4.78, 5) is 0. The Balaban J connectivity index is 0.798. The molecule has 3 heteroatoms. The quantitative estimate of drug-likeness (QED) is 0.108. The lowest BCUT2D eigenvalue weighted by atomic mass is 9.68. The van der Waals surface area contributed by atoms with Crippen LogP contribution in [0, 0.1) is 59.0 Å². The monoisotopic (exact) mass is 787 g/mol. The molecule has 1 nitrogen and oxygen atoms in total. The number of hydrogen-bond donors (Lipinski definition) is 0. The summed E-state index contributed by atoms with van der Waals surface area (Å²) in [5.41, 5.74) is 3.72. The van der Waals surface area contributed by atoms with E-state index in [2.05, 4.69) is 26.0 Å². The summed E-state index contributed by atoms with van der Waals surface area (Å²) in [5, 5.41) is 0. The van der Waals surface area contributed by atoms with Gasteiger partial charge in [0.05, 0.1) is 13.2 Å². The summed E-state index contributed by atoms with van der Waals surface area (Å²) < 4.78 is 36.0. The van der Waals surface area contributed by atoms with Gasteiger partial charge in [0.2, 0.25) is 0 Å². The van der Waals surface area contributed by atoms with E-state index < -0.39 is 0 Å². The van der Waals surface area contributed by atoms with Crippen molar-refractivity contribution in [1.82, 2.24) is 0 Å². The molecule has 0 amide bonds. The average Bonchev–Trinajstić information content (AvgIpc) is 3.24. The normalized spacial score (nSPS) is 28.4. The lowest BCUT2D eigenvalue weighted by molar-refractivity contribution is 0.139. The topological polar surface area (TPSA) is 9.23 Å². The Labute approximate surface area is 349 Å². The van der Waals surface area contributed by atoms with Crippen LogP contribution in [0.2, 0.25) is 0 Å². The smallest absolute Gasteiger partial charge is 0.126 e. The number of aryl methyl sites for hydroxylation is 2. The van der Waals surface area contributed by atoms with Gasteiger partial charge in [-0.25, -0.2) is 8.78 Å². The summed E-state index contributed by atoms with van der Waals surface area (Å²) in [5.74, 6) is 7.32. The average molecular weight is 787 g/mol. The lowest BCUT2D eigenvalue weighted by Gasteiger charge is -2.38.